The van der Waals surface area contributed by atoms with E-state index in [0.717, 1.165) is 18.5 Å². The minimum atomic E-state index is -4.48. The first-order valence-corrected chi connectivity index (χ1v) is 9.15. The zero-order chi connectivity index (χ0) is 20.9. The van der Waals surface area contributed by atoms with E-state index in [4.69, 9.17) is 4.74 Å². The minimum absolute atomic E-state index is 0.0355. The lowest BCUT2D eigenvalue weighted by Crippen LogP contribution is -2.35. The van der Waals surface area contributed by atoms with Gasteiger partial charge in [-0.25, -0.2) is 4.98 Å². The number of aromatic nitrogens is 1. The van der Waals surface area contributed by atoms with E-state index in [-0.39, 0.29) is 18.3 Å². The van der Waals surface area contributed by atoms with Gasteiger partial charge in [0.1, 0.15) is 0 Å². The molecule has 2 amide bonds. The zero-order valence-corrected chi connectivity index (χ0v) is 15.5. The van der Waals surface area contributed by atoms with Gasteiger partial charge in [-0.3, -0.25) is 9.59 Å². The van der Waals surface area contributed by atoms with E-state index < -0.39 is 18.7 Å². The standard InChI is InChI=1S/C20H20F3N3O3/c21-20(22,23)13-29-19-15(4-3-10-24-19)12-25-18(28)14-6-8-16(9-7-14)26-11-2-1-5-17(26)27/h3-4,6-10H,1-2,5,11-13H2,(H,25,28). The van der Waals surface area contributed by atoms with Crippen molar-refractivity contribution in [3.05, 3.63) is 53.7 Å². The van der Waals surface area contributed by atoms with Crippen molar-refractivity contribution in [2.24, 2.45) is 0 Å². The molecule has 29 heavy (non-hydrogen) atoms. The predicted octanol–water partition coefficient (Wildman–Crippen LogP) is 3.47. The molecule has 0 spiro atoms. The third kappa shape index (κ3) is 5.69. The zero-order valence-electron chi connectivity index (χ0n) is 15.5. The number of halogens is 3. The Labute approximate surface area is 165 Å². The highest BCUT2D eigenvalue weighted by Gasteiger charge is 2.29. The van der Waals surface area contributed by atoms with Gasteiger partial charge in [0.2, 0.25) is 11.8 Å². The highest BCUT2D eigenvalue weighted by atomic mass is 19.4. The van der Waals surface area contributed by atoms with E-state index in [0.29, 0.717) is 24.1 Å². The molecule has 2 aromatic rings. The smallest absolute Gasteiger partial charge is 0.422 e. The van der Waals surface area contributed by atoms with Crippen LogP contribution in [0.25, 0.3) is 0 Å². The van der Waals surface area contributed by atoms with Crippen LogP contribution in [-0.4, -0.2) is 36.1 Å². The molecule has 0 atom stereocenters. The third-order valence-corrected chi connectivity index (χ3v) is 4.43. The number of ether oxygens (including phenoxy) is 1. The van der Waals surface area contributed by atoms with E-state index in [1.165, 1.54) is 12.3 Å². The largest absolute Gasteiger partial charge is 0.468 e. The molecule has 2 heterocycles. The number of carbonyl (C=O) groups excluding carboxylic acids is 2. The maximum Gasteiger partial charge on any atom is 0.422 e. The second kappa shape index (κ2) is 8.93. The molecule has 0 saturated carbocycles. The van der Waals surface area contributed by atoms with Crippen LogP contribution in [-0.2, 0) is 11.3 Å². The topological polar surface area (TPSA) is 71.5 Å². The number of alkyl halides is 3. The van der Waals surface area contributed by atoms with Gasteiger partial charge in [-0.15, -0.1) is 0 Å². The van der Waals surface area contributed by atoms with Crippen LogP contribution in [0.5, 0.6) is 5.88 Å². The molecule has 154 valence electrons. The highest BCUT2D eigenvalue weighted by molar-refractivity contribution is 5.96. The number of benzene rings is 1. The molecule has 1 N–H and O–H groups in total. The molecular weight excluding hydrogens is 387 g/mol. The van der Waals surface area contributed by atoms with Gasteiger partial charge >= 0.3 is 6.18 Å². The van der Waals surface area contributed by atoms with Crippen LogP contribution in [0.15, 0.2) is 42.6 Å². The fraction of sp³-hybridized carbons (Fsp3) is 0.350. The summed E-state index contributed by atoms with van der Waals surface area (Å²) in [6, 6.07) is 9.71. The highest BCUT2D eigenvalue weighted by Crippen LogP contribution is 2.22. The normalized spacial score (nSPS) is 14.6. The number of piperidine rings is 1. The van der Waals surface area contributed by atoms with Gasteiger partial charge in [0.05, 0.1) is 0 Å². The summed E-state index contributed by atoms with van der Waals surface area (Å²) in [7, 11) is 0. The Bertz CT molecular complexity index is 869. The number of carbonyl (C=O) groups is 2. The molecule has 1 aromatic heterocycles. The maximum absolute atomic E-state index is 12.4. The predicted molar refractivity (Wildman–Crippen MR) is 99.6 cm³/mol. The molecular formula is C20H20F3N3O3. The van der Waals surface area contributed by atoms with Gasteiger partial charge in [0.25, 0.3) is 5.91 Å². The molecule has 1 aromatic carbocycles. The summed E-state index contributed by atoms with van der Waals surface area (Å²) in [6.07, 6.45) is -0.810. The van der Waals surface area contributed by atoms with Crippen LogP contribution >= 0.6 is 0 Å². The maximum atomic E-state index is 12.4. The number of rotatable bonds is 6. The molecule has 0 bridgehead atoms. The Balaban J connectivity index is 1.60. The van der Waals surface area contributed by atoms with Gasteiger partial charge in [-0.05, 0) is 43.2 Å². The molecule has 0 radical (unpaired) electrons. The Morgan fingerprint density at radius 2 is 1.93 bits per heavy atom. The van der Waals surface area contributed by atoms with Crippen molar-refractivity contribution in [3.63, 3.8) is 0 Å². The molecule has 1 aliphatic rings. The van der Waals surface area contributed by atoms with Crippen molar-refractivity contribution >= 4 is 17.5 Å². The molecule has 0 aliphatic carbocycles. The van der Waals surface area contributed by atoms with Gasteiger partial charge in [0, 0.05) is 42.5 Å². The molecule has 0 unspecified atom stereocenters. The Morgan fingerprint density at radius 3 is 2.62 bits per heavy atom. The van der Waals surface area contributed by atoms with Crippen LogP contribution in [0.2, 0.25) is 0 Å². The van der Waals surface area contributed by atoms with Gasteiger partial charge in [0.15, 0.2) is 6.61 Å². The van der Waals surface area contributed by atoms with E-state index in [1.807, 2.05) is 0 Å². The average Bonchev–Trinajstić information content (AvgIpc) is 2.71. The monoisotopic (exact) mass is 407 g/mol. The van der Waals surface area contributed by atoms with E-state index >= 15 is 0 Å². The summed E-state index contributed by atoms with van der Waals surface area (Å²) < 4.78 is 41.8. The lowest BCUT2D eigenvalue weighted by Gasteiger charge is -2.26. The van der Waals surface area contributed by atoms with Gasteiger partial charge in [-0.2, -0.15) is 13.2 Å². The van der Waals surface area contributed by atoms with Crippen molar-refractivity contribution in [2.75, 3.05) is 18.1 Å². The lowest BCUT2D eigenvalue weighted by molar-refractivity contribution is -0.154. The van der Waals surface area contributed by atoms with E-state index in [2.05, 4.69) is 10.3 Å². The molecule has 1 saturated heterocycles. The first-order chi connectivity index (χ1) is 13.8. The first kappa shape index (κ1) is 20.6. The van der Waals surface area contributed by atoms with Crippen molar-refractivity contribution in [2.45, 2.75) is 32.0 Å². The number of anilines is 1. The third-order valence-electron chi connectivity index (χ3n) is 4.43. The number of pyridine rings is 1. The van der Waals surface area contributed by atoms with Crippen molar-refractivity contribution in [1.29, 1.82) is 0 Å². The quantitative estimate of drug-likeness (QED) is 0.796. The van der Waals surface area contributed by atoms with Gasteiger partial charge in [-0.1, -0.05) is 6.07 Å². The summed E-state index contributed by atoms with van der Waals surface area (Å²) >= 11 is 0. The lowest BCUT2D eigenvalue weighted by atomic mass is 10.1. The van der Waals surface area contributed by atoms with Crippen molar-refractivity contribution in [1.82, 2.24) is 10.3 Å². The van der Waals surface area contributed by atoms with E-state index in [1.54, 1.807) is 35.2 Å². The van der Waals surface area contributed by atoms with Crippen molar-refractivity contribution in [3.8, 4) is 5.88 Å². The summed E-state index contributed by atoms with van der Waals surface area (Å²) in [5, 5.41) is 2.64. The summed E-state index contributed by atoms with van der Waals surface area (Å²) in [5.41, 5.74) is 1.45. The van der Waals surface area contributed by atoms with Gasteiger partial charge < -0.3 is 15.0 Å². The number of hydrogen-bond donors (Lipinski definition) is 1. The molecule has 1 fully saturated rings. The summed E-state index contributed by atoms with van der Waals surface area (Å²) in [6.45, 7) is -0.833. The van der Waals surface area contributed by atoms with Crippen LogP contribution in [0, 0.1) is 0 Å². The Hall–Kier alpha value is -3.10. The minimum Gasteiger partial charge on any atom is -0.468 e. The fourth-order valence-electron chi connectivity index (χ4n) is 2.99. The number of nitrogens with one attached hydrogen (secondary N) is 1. The average molecular weight is 407 g/mol. The van der Waals surface area contributed by atoms with E-state index in [9.17, 15) is 22.8 Å². The van der Waals surface area contributed by atoms with Crippen molar-refractivity contribution < 1.29 is 27.5 Å². The fourth-order valence-corrected chi connectivity index (χ4v) is 2.99. The molecule has 1 aliphatic heterocycles. The Kier molecular flexibility index (Phi) is 6.36. The molecule has 9 heteroatoms. The molecule has 6 nitrogen and oxygen atoms in total. The second-order valence-corrected chi connectivity index (χ2v) is 6.60. The number of nitrogens with zero attached hydrogens (tertiary/aromatic N) is 2. The van der Waals surface area contributed by atoms with Crippen LogP contribution in [0.3, 0.4) is 0 Å². The first-order valence-electron chi connectivity index (χ1n) is 9.15. The van der Waals surface area contributed by atoms with Crippen LogP contribution in [0.1, 0.15) is 35.2 Å². The second-order valence-electron chi connectivity index (χ2n) is 6.60. The van der Waals surface area contributed by atoms with Crippen LogP contribution < -0.4 is 15.0 Å². The SMILES string of the molecule is O=C(NCc1cccnc1OCC(F)(F)F)c1ccc(N2CCCCC2=O)cc1. The number of hydrogen-bond acceptors (Lipinski definition) is 4. The summed E-state index contributed by atoms with van der Waals surface area (Å²) in [4.78, 5) is 29.8. The number of amides is 2. The summed E-state index contributed by atoms with van der Waals surface area (Å²) in [5.74, 6) is -0.507. The Morgan fingerprint density at radius 1 is 1.17 bits per heavy atom. The van der Waals surface area contributed by atoms with Crippen LogP contribution in [0.4, 0.5) is 18.9 Å². The molecule has 3 rings (SSSR count).